The highest BCUT2D eigenvalue weighted by Crippen LogP contribution is 2.32. The van der Waals surface area contributed by atoms with Gasteiger partial charge in [-0.15, -0.1) is 0 Å². The van der Waals surface area contributed by atoms with Gasteiger partial charge in [0, 0.05) is 19.5 Å². The molecule has 0 atom stereocenters. The maximum atomic E-state index is 12.0. The first-order chi connectivity index (χ1) is 15.6. The average molecular weight is 441 g/mol. The fourth-order valence-electron chi connectivity index (χ4n) is 3.44. The number of hydrogen-bond donors (Lipinski definition) is 1. The van der Waals surface area contributed by atoms with Gasteiger partial charge in [0.15, 0.2) is 23.0 Å². The van der Waals surface area contributed by atoms with Gasteiger partial charge in [0.25, 0.3) is 0 Å². The lowest BCUT2D eigenvalue weighted by Crippen LogP contribution is -2.28. The number of fused-ring (bicyclic) bond motifs is 1. The van der Waals surface area contributed by atoms with Crippen LogP contribution in [0.5, 0.6) is 23.0 Å². The van der Waals surface area contributed by atoms with E-state index in [9.17, 15) is 4.79 Å². The Kier molecular flexibility index (Phi) is 8.80. The SMILES string of the molecule is COc1ccc(CCN(C)CCCNC(=O)C/C=C/c2ccc3c(c2)OCO3)cc1OC. The zero-order chi connectivity index (χ0) is 22.8. The molecular formula is C25H32N2O5. The second kappa shape index (κ2) is 12.0. The quantitative estimate of drug-likeness (QED) is 0.510. The Labute approximate surface area is 189 Å². The summed E-state index contributed by atoms with van der Waals surface area (Å²) in [7, 11) is 5.38. The zero-order valence-corrected chi connectivity index (χ0v) is 19.1. The van der Waals surface area contributed by atoms with Gasteiger partial charge in [-0.05, 0) is 61.8 Å². The maximum absolute atomic E-state index is 12.0. The van der Waals surface area contributed by atoms with E-state index in [2.05, 4.69) is 23.3 Å². The predicted molar refractivity (Wildman–Crippen MR) is 125 cm³/mol. The minimum atomic E-state index is 0.0231. The number of rotatable bonds is 12. The van der Waals surface area contributed by atoms with Crippen molar-refractivity contribution in [2.45, 2.75) is 19.3 Å². The number of likely N-dealkylation sites (N-methyl/N-ethyl adjacent to an activating group) is 1. The lowest BCUT2D eigenvalue weighted by atomic mass is 10.1. The van der Waals surface area contributed by atoms with Gasteiger partial charge >= 0.3 is 0 Å². The van der Waals surface area contributed by atoms with Crippen molar-refractivity contribution < 1.29 is 23.7 Å². The third-order valence-electron chi connectivity index (χ3n) is 5.28. The van der Waals surface area contributed by atoms with Crippen LogP contribution in [0.4, 0.5) is 0 Å². The van der Waals surface area contributed by atoms with Crippen molar-refractivity contribution >= 4 is 12.0 Å². The molecule has 1 amide bonds. The van der Waals surface area contributed by atoms with Crippen LogP contribution in [-0.4, -0.2) is 58.5 Å². The number of benzene rings is 2. The van der Waals surface area contributed by atoms with Crippen LogP contribution >= 0.6 is 0 Å². The van der Waals surface area contributed by atoms with Crippen LogP contribution in [0.2, 0.25) is 0 Å². The van der Waals surface area contributed by atoms with Crippen LogP contribution in [0.3, 0.4) is 0 Å². The number of ether oxygens (including phenoxy) is 4. The normalized spacial score (nSPS) is 12.4. The minimum absolute atomic E-state index is 0.0231. The number of carbonyl (C=O) groups is 1. The maximum Gasteiger partial charge on any atom is 0.231 e. The summed E-state index contributed by atoms with van der Waals surface area (Å²) < 4.78 is 21.3. The molecule has 1 aliphatic heterocycles. The highest BCUT2D eigenvalue weighted by atomic mass is 16.7. The summed E-state index contributed by atoms with van der Waals surface area (Å²) in [4.78, 5) is 14.3. The molecule has 3 rings (SSSR count). The van der Waals surface area contributed by atoms with Gasteiger partial charge in [-0.25, -0.2) is 0 Å². The summed E-state index contributed by atoms with van der Waals surface area (Å²) in [6, 6.07) is 11.7. The first kappa shape index (κ1) is 23.5. The average Bonchev–Trinajstić information content (AvgIpc) is 3.28. The Hall–Kier alpha value is -3.19. The van der Waals surface area contributed by atoms with Gasteiger partial charge in [-0.1, -0.05) is 24.3 Å². The largest absolute Gasteiger partial charge is 0.493 e. The Morgan fingerprint density at radius 3 is 2.69 bits per heavy atom. The van der Waals surface area contributed by atoms with E-state index >= 15 is 0 Å². The van der Waals surface area contributed by atoms with E-state index in [-0.39, 0.29) is 12.7 Å². The topological polar surface area (TPSA) is 69.3 Å². The van der Waals surface area contributed by atoms with Gasteiger partial charge < -0.3 is 29.2 Å². The van der Waals surface area contributed by atoms with E-state index in [4.69, 9.17) is 18.9 Å². The van der Waals surface area contributed by atoms with E-state index in [1.54, 1.807) is 14.2 Å². The molecule has 1 aliphatic rings. The molecule has 0 radical (unpaired) electrons. The van der Waals surface area contributed by atoms with E-state index < -0.39 is 0 Å². The summed E-state index contributed by atoms with van der Waals surface area (Å²) in [5.74, 6) is 3.02. The van der Waals surface area contributed by atoms with Crippen molar-refractivity contribution in [1.29, 1.82) is 0 Å². The molecule has 2 aromatic rings. The molecule has 0 aromatic heterocycles. The lowest BCUT2D eigenvalue weighted by molar-refractivity contribution is -0.120. The minimum Gasteiger partial charge on any atom is -0.493 e. The summed E-state index contributed by atoms with van der Waals surface area (Å²) in [5, 5.41) is 2.98. The Balaban J connectivity index is 1.29. The smallest absolute Gasteiger partial charge is 0.231 e. The van der Waals surface area contributed by atoms with Crippen molar-refractivity contribution in [2.24, 2.45) is 0 Å². The van der Waals surface area contributed by atoms with E-state index in [1.807, 2.05) is 42.5 Å². The summed E-state index contributed by atoms with van der Waals surface area (Å²) >= 11 is 0. The van der Waals surface area contributed by atoms with Gasteiger partial charge in [-0.2, -0.15) is 0 Å². The number of methoxy groups -OCH3 is 2. The fraction of sp³-hybridized carbons (Fsp3) is 0.400. The predicted octanol–water partition coefficient (Wildman–Crippen LogP) is 3.52. The second-order valence-electron chi connectivity index (χ2n) is 7.67. The molecule has 0 unspecified atom stereocenters. The first-order valence-corrected chi connectivity index (χ1v) is 10.8. The van der Waals surface area contributed by atoms with Gasteiger partial charge in [-0.3, -0.25) is 4.79 Å². The van der Waals surface area contributed by atoms with Crippen molar-refractivity contribution in [2.75, 3.05) is 47.7 Å². The number of hydrogen-bond acceptors (Lipinski definition) is 6. The van der Waals surface area contributed by atoms with Crippen LogP contribution in [0, 0.1) is 0 Å². The zero-order valence-electron chi connectivity index (χ0n) is 19.1. The third kappa shape index (κ3) is 6.92. The van der Waals surface area contributed by atoms with Gasteiger partial charge in [0.05, 0.1) is 14.2 Å². The highest BCUT2D eigenvalue weighted by molar-refractivity contribution is 5.78. The molecule has 7 nitrogen and oxygen atoms in total. The Morgan fingerprint density at radius 1 is 1.06 bits per heavy atom. The third-order valence-corrected chi connectivity index (χ3v) is 5.28. The van der Waals surface area contributed by atoms with Crippen molar-refractivity contribution in [3.05, 3.63) is 53.6 Å². The van der Waals surface area contributed by atoms with Crippen LogP contribution in [0.1, 0.15) is 24.0 Å². The Bertz CT molecular complexity index is 929. The molecule has 172 valence electrons. The van der Waals surface area contributed by atoms with Crippen LogP contribution in [0.25, 0.3) is 6.08 Å². The number of nitrogens with zero attached hydrogens (tertiary/aromatic N) is 1. The number of amides is 1. The monoisotopic (exact) mass is 440 g/mol. The molecule has 0 aliphatic carbocycles. The van der Waals surface area contributed by atoms with Crippen LogP contribution < -0.4 is 24.3 Å². The van der Waals surface area contributed by atoms with Crippen LogP contribution in [-0.2, 0) is 11.2 Å². The summed E-state index contributed by atoms with van der Waals surface area (Å²) in [6.45, 7) is 2.77. The molecule has 0 fully saturated rings. The van der Waals surface area contributed by atoms with Gasteiger partial charge in [0.1, 0.15) is 0 Å². The second-order valence-corrected chi connectivity index (χ2v) is 7.67. The standard InChI is InChI=1S/C25H32N2O5/c1-27(15-12-20-8-10-21(29-2)23(16-20)30-3)14-5-13-26-25(28)7-4-6-19-9-11-22-24(17-19)32-18-31-22/h4,6,8-11,16-17H,5,7,12-15,18H2,1-3H3,(H,26,28)/b6-4+. The van der Waals surface area contributed by atoms with E-state index in [0.29, 0.717) is 13.0 Å². The molecule has 0 spiro atoms. The van der Waals surface area contributed by atoms with Crippen LogP contribution in [0.15, 0.2) is 42.5 Å². The number of carbonyl (C=O) groups excluding carboxylic acids is 1. The first-order valence-electron chi connectivity index (χ1n) is 10.8. The van der Waals surface area contributed by atoms with Crippen molar-refractivity contribution in [3.63, 3.8) is 0 Å². The van der Waals surface area contributed by atoms with Gasteiger partial charge in [0.2, 0.25) is 12.7 Å². The highest BCUT2D eigenvalue weighted by Gasteiger charge is 2.12. The number of nitrogens with one attached hydrogen (secondary N) is 1. The Morgan fingerprint density at radius 2 is 1.88 bits per heavy atom. The molecule has 1 heterocycles. The van der Waals surface area contributed by atoms with Crippen molar-refractivity contribution in [3.8, 4) is 23.0 Å². The molecule has 32 heavy (non-hydrogen) atoms. The van der Waals surface area contributed by atoms with E-state index in [1.165, 1.54) is 5.56 Å². The molecule has 0 saturated carbocycles. The molecule has 2 aromatic carbocycles. The molecule has 1 N–H and O–H groups in total. The fourth-order valence-corrected chi connectivity index (χ4v) is 3.44. The lowest BCUT2D eigenvalue weighted by Gasteiger charge is -2.17. The summed E-state index contributed by atoms with van der Waals surface area (Å²) in [5.41, 5.74) is 2.19. The van der Waals surface area contributed by atoms with E-state index in [0.717, 1.165) is 54.5 Å². The molecule has 7 heteroatoms. The molecule has 0 saturated heterocycles. The molecular weight excluding hydrogens is 408 g/mol. The van der Waals surface area contributed by atoms with Crippen molar-refractivity contribution in [1.82, 2.24) is 10.2 Å². The molecule has 0 bridgehead atoms. The summed E-state index contributed by atoms with van der Waals surface area (Å²) in [6.07, 6.45) is 5.96.